The zero-order chi connectivity index (χ0) is 73.2. The van der Waals surface area contributed by atoms with Crippen LogP contribution in [0.4, 0.5) is 0 Å². The van der Waals surface area contributed by atoms with Crippen LogP contribution in [0, 0.1) is 0 Å². The van der Waals surface area contributed by atoms with Gasteiger partial charge in [0, 0.05) is 25.7 Å². The zero-order valence-corrected chi connectivity index (χ0v) is 65.2. The first-order chi connectivity index (χ1) is 48.7. The summed E-state index contributed by atoms with van der Waals surface area (Å²) < 4.78 is 68.5. The summed E-state index contributed by atoms with van der Waals surface area (Å²) in [5.74, 6) is -2.21. The second-order valence-electron chi connectivity index (χ2n) is 26.6. The molecule has 5 atom stereocenters. The van der Waals surface area contributed by atoms with Crippen LogP contribution in [-0.2, 0) is 65.4 Å². The van der Waals surface area contributed by atoms with Gasteiger partial charge in [-0.25, -0.2) is 9.13 Å². The van der Waals surface area contributed by atoms with Crippen LogP contribution in [0.5, 0.6) is 0 Å². The van der Waals surface area contributed by atoms with Crippen LogP contribution >= 0.6 is 15.6 Å². The van der Waals surface area contributed by atoms with E-state index in [1.165, 1.54) is 122 Å². The SMILES string of the molecule is CC/C=C\C/C=C\C/C=C\C/C=C\C/C=C\CCCCCC(=O)OC[C@H](COP(=O)(O)OC[C@@H](O)COP(=O)(O)OC[C@@H](COC(=O)CCCCCCCCCCCCCCCCC)OC(=O)CCCCCCC/C=C\CCCCCC)OC(=O)CCCCCCC/C=C\CCCCCC. The van der Waals surface area contributed by atoms with E-state index in [0.29, 0.717) is 25.7 Å². The molecule has 0 aliphatic heterocycles. The zero-order valence-electron chi connectivity index (χ0n) is 63.4. The summed E-state index contributed by atoms with van der Waals surface area (Å²) in [5, 5.41) is 10.6. The summed E-state index contributed by atoms with van der Waals surface area (Å²) in [6, 6.07) is 0. The van der Waals surface area contributed by atoms with Crippen molar-refractivity contribution >= 4 is 39.5 Å². The van der Waals surface area contributed by atoms with Crippen molar-refractivity contribution in [2.75, 3.05) is 39.6 Å². The smallest absolute Gasteiger partial charge is 0.462 e. The molecule has 0 rings (SSSR count). The molecule has 100 heavy (non-hydrogen) atoms. The minimum atomic E-state index is -4.98. The lowest BCUT2D eigenvalue weighted by Crippen LogP contribution is -2.30. The van der Waals surface area contributed by atoms with Gasteiger partial charge < -0.3 is 33.8 Å². The highest BCUT2D eigenvalue weighted by Crippen LogP contribution is 2.45. The van der Waals surface area contributed by atoms with Crippen LogP contribution in [0.3, 0.4) is 0 Å². The maximum Gasteiger partial charge on any atom is 0.472 e. The number of hydrogen-bond donors (Lipinski definition) is 3. The van der Waals surface area contributed by atoms with Crippen molar-refractivity contribution in [3.63, 3.8) is 0 Å². The second kappa shape index (κ2) is 73.5. The number of phosphoric acid groups is 2. The number of carbonyl (C=O) groups is 4. The molecule has 0 aliphatic carbocycles. The van der Waals surface area contributed by atoms with Crippen LogP contribution in [0.2, 0.25) is 0 Å². The van der Waals surface area contributed by atoms with Gasteiger partial charge in [-0.05, 0) is 122 Å². The number of hydrogen-bond acceptors (Lipinski definition) is 15. The minimum Gasteiger partial charge on any atom is -0.462 e. The summed E-state index contributed by atoms with van der Waals surface area (Å²) in [7, 11) is -9.95. The van der Waals surface area contributed by atoms with Gasteiger partial charge in [-0.3, -0.25) is 37.3 Å². The molecule has 0 bridgehead atoms. The highest BCUT2D eigenvalue weighted by Gasteiger charge is 2.30. The Bertz CT molecular complexity index is 2230. The monoisotopic (exact) mass is 1450 g/mol. The van der Waals surface area contributed by atoms with Gasteiger partial charge >= 0.3 is 39.5 Å². The van der Waals surface area contributed by atoms with Gasteiger partial charge in [-0.2, -0.15) is 0 Å². The number of esters is 4. The first-order valence-corrected chi connectivity index (χ1v) is 42.8. The third kappa shape index (κ3) is 72.6. The first-order valence-electron chi connectivity index (χ1n) is 39.8. The standard InChI is InChI=1S/C81H144O17P2/c1-5-9-13-17-21-25-29-33-35-36-37-38-40-44-46-50-54-58-62-66-79(84)92-72-77(98-81(86)68-64-60-56-52-48-42-32-28-24-20-16-12-8-4)74-96-100(89,90)94-70-75(82)69-93-99(87,88)95-73-76(97-80(85)67-63-59-55-51-47-41-31-27-23-19-15-11-7-3)71-91-78(83)65-61-57-53-49-45-43-39-34-30-26-22-18-14-10-6-2/h9,13,21,25,27-28,31-33,35,37-38,44,46,75-77,82H,5-8,10-12,14-20,22-24,26,29-30,34,36,39-43,45,47-74H2,1-4H3,(H,87,88)(H,89,90)/b13-9-,25-21-,31-27-,32-28-,35-33-,38-37-,46-44-/t75-,76+,77+/m0/s1. The van der Waals surface area contributed by atoms with E-state index in [-0.39, 0.29) is 25.7 Å². The Kier molecular flexibility index (Phi) is 70.8. The summed E-state index contributed by atoms with van der Waals surface area (Å²) >= 11 is 0. The lowest BCUT2D eigenvalue weighted by Gasteiger charge is -2.21. The fraction of sp³-hybridized carbons (Fsp3) is 0.778. The number of carbonyl (C=O) groups excluding carboxylic acids is 4. The highest BCUT2D eigenvalue weighted by atomic mass is 31.2. The van der Waals surface area contributed by atoms with Gasteiger partial charge in [0.25, 0.3) is 0 Å². The molecular weight excluding hydrogens is 1310 g/mol. The quantitative estimate of drug-likeness (QED) is 0.0169. The van der Waals surface area contributed by atoms with Crippen molar-refractivity contribution in [2.45, 2.75) is 367 Å². The maximum absolute atomic E-state index is 13.1. The first kappa shape index (κ1) is 96.2. The van der Waals surface area contributed by atoms with Crippen LogP contribution in [0.25, 0.3) is 0 Å². The van der Waals surface area contributed by atoms with Crippen molar-refractivity contribution in [3.8, 4) is 0 Å². The molecule has 0 amide bonds. The summed E-state index contributed by atoms with van der Waals surface area (Å²) in [4.78, 5) is 72.9. The predicted molar refractivity (Wildman–Crippen MR) is 409 cm³/mol. The summed E-state index contributed by atoms with van der Waals surface area (Å²) in [6.45, 7) is 4.72. The predicted octanol–water partition coefficient (Wildman–Crippen LogP) is 23.0. The van der Waals surface area contributed by atoms with Gasteiger partial charge in [0.2, 0.25) is 0 Å². The van der Waals surface area contributed by atoms with Gasteiger partial charge in [-0.15, -0.1) is 0 Å². The molecule has 19 heteroatoms. The molecule has 580 valence electrons. The Hall–Kier alpha value is -3.76. The minimum absolute atomic E-state index is 0.0782. The van der Waals surface area contributed by atoms with Crippen LogP contribution in [0.1, 0.15) is 349 Å². The largest absolute Gasteiger partial charge is 0.472 e. The third-order valence-corrected chi connectivity index (χ3v) is 18.7. The van der Waals surface area contributed by atoms with E-state index in [1.54, 1.807) is 0 Å². The Morgan fingerprint density at radius 3 is 0.830 bits per heavy atom. The fourth-order valence-electron chi connectivity index (χ4n) is 10.8. The number of aliphatic hydroxyl groups excluding tert-OH is 1. The van der Waals surface area contributed by atoms with Crippen molar-refractivity contribution in [1.29, 1.82) is 0 Å². The Labute approximate surface area is 608 Å². The van der Waals surface area contributed by atoms with E-state index in [0.717, 1.165) is 148 Å². The third-order valence-electron chi connectivity index (χ3n) is 16.8. The van der Waals surface area contributed by atoms with E-state index in [2.05, 4.69) is 113 Å². The number of allylic oxidation sites excluding steroid dienone is 14. The number of phosphoric ester groups is 2. The lowest BCUT2D eigenvalue weighted by atomic mass is 10.0. The Balaban J connectivity index is 5.34. The molecule has 0 spiro atoms. The molecule has 2 unspecified atom stereocenters. The molecule has 17 nitrogen and oxygen atoms in total. The van der Waals surface area contributed by atoms with Crippen molar-refractivity contribution in [3.05, 3.63) is 85.1 Å². The number of rotatable bonds is 75. The topological polar surface area (TPSA) is 237 Å². The number of unbranched alkanes of at least 4 members (excludes halogenated alkanes) is 35. The Morgan fingerprint density at radius 2 is 0.520 bits per heavy atom. The molecule has 0 aromatic rings. The van der Waals surface area contributed by atoms with Crippen LogP contribution < -0.4 is 0 Å². The molecule has 0 saturated heterocycles. The van der Waals surface area contributed by atoms with E-state index >= 15 is 0 Å². The molecule has 0 aromatic heterocycles. The fourth-order valence-corrected chi connectivity index (χ4v) is 12.3. The average Bonchev–Trinajstić information content (AvgIpc) is 0.935. The van der Waals surface area contributed by atoms with Crippen molar-refractivity contribution in [1.82, 2.24) is 0 Å². The number of aliphatic hydroxyl groups is 1. The molecule has 0 fully saturated rings. The average molecular weight is 1450 g/mol. The molecule has 0 radical (unpaired) electrons. The van der Waals surface area contributed by atoms with Gasteiger partial charge in [0.1, 0.15) is 19.3 Å². The van der Waals surface area contributed by atoms with E-state index < -0.39 is 97.5 Å². The van der Waals surface area contributed by atoms with E-state index in [4.69, 9.17) is 37.0 Å². The Morgan fingerprint density at radius 1 is 0.290 bits per heavy atom. The molecule has 3 N–H and O–H groups in total. The second-order valence-corrected chi connectivity index (χ2v) is 29.5. The van der Waals surface area contributed by atoms with Crippen LogP contribution in [0.15, 0.2) is 85.1 Å². The normalized spacial score (nSPS) is 14.3. The van der Waals surface area contributed by atoms with Crippen LogP contribution in [-0.4, -0.2) is 96.7 Å². The maximum atomic E-state index is 13.1. The molecule has 0 heterocycles. The molecule has 0 saturated carbocycles. The summed E-state index contributed by atoms with van der Waals surface area (Å²) in [5.41, 5.74) is 0. The molecular formula is C81H144O17P2. The van der Waals surface area contributed by atoms with Crippen molar-refractivity contribution < 1.29 is 80.2 Å². The van der Waals surface area contributed by atoms with Gasteiger partial charge in [0.15, 0.2) is 12.2 Å². The number of ether oxygens (including phenoxy) is 4. The highest BCUT2D eigenvalue weighted by molar-refractivity contribution is 7.47. The lowest BCUT2D eigenvalue weighted by molar-refractivity contribution is -0.161. The molecule has 0 aromatic carbocycles. The molecule has 0 aliphatic rings. The van der Waals surface area contributed by atoms with Gasteiger partial charge in [-0.1, -0.05) is 286 Å². The van der Waals surface area contributed by atoms with Gasteiger partial charge in [0.05, 0.1) is 26.4 Å². The van der Waals surface area contributed by atoms with Crippen molar-refractivity contribution in [2.24, 2.45) is 0 Å². The van der Waals surface area contributed by atoms with E-state index in [1.807, 2.05) is 0 Å². The summed E-state index contributed by atoms with van der Waals surface area (Å²) in [6.07, 6.45) is 75.6. The van der Waals surface area contributed by atoms with E-state index in [9.17, 15) is 43.2 Å².